The molecule has 1 amide bonds. The average Bonchev–Trinajstić information content (AvgIpc) is 2.60. The zero-order chi connectivity index (χ0) is 13.0. The van der Waals surface area contributed by atoms with Gasteiger partial charge in [-0.05, 0) is 31.8 Å². The van der Waals surface area contributed by atoms with E-state index in [1.54, 1.807) is 6.92 Å². The molecule has 2 fully saturated rings. The molecule has 6 heteroatoms. The number of β-lactam (4-membered cyclic amide) rings is 1. The number of rotatable bonds is 2. The van der Waals surface area contributed by atoms with E-state index in [0.29, 0.717) is 0 Å². The molecule has 2 aliphatic heterocycles. The van der Waals surface area contributed by atoms with Gasteiger partial charge in [0, 0.05) is 5.92 Å². The Morgan fingerprint density at radius 2 is 2.16 bits per heavy atom. The van der Waals surface area contributed by atoms with Gasteiger partial charge in [-0.1, -0.05) is 6.42 Å². The number of carboxylic acids is 1. The summed E-state index contributed by atoms with van der Waals surface area (Å²) in [6.45, 7) is 1.60. The van der Waals surface area contributed by atoms with Gasteiger partial charge in [0.15, 0.2) is 0 Å². The number of aliphatic carboxylic acids is 1. The van der Waals surface area contributed by atoms with Crippen molar-refractivity contribution in [3.05, 3.63) is 11.3 Å². The third kappa shape index (κ3) is 1.98. The minimum Gasteiger partial charge on any atom is -0.543 e. The summed E-state index contributed by atoms with van der Waals surface area (Å²) in [4.78, 5) is 24.6. The number of aliphatic hydroxyl groups excluding tert-OH is 1. The number of hydrogen-bond donors (Lipinski definition) is 1. The van der Waals surface area contributed by atoms with Gasteiger partial charge in [0.25, 0.3) is 0 Å². The first-order chi connectivity index (χ1) is 8.54. The smallest absolute Gasteiger partial charge is 0.543 e. The topological polar surface area (TPSA) is 80.7 Å². The van der Waals surface area contributed by atoms with Crippen LogP contribution >= 0.6 is 0 Å². The van der Waals surface area contributed by atoms with E-state index in [1.165, 1.54) is 4.90 Å². The van der Waals surface area contributed by atoms with Gasteiger partial charge in [-0.15, -0.1) is 0 Å². The number of nitrogens with zero attached hydrogens (tertiary/aromatic N) is 1. The largest absolute Gasteiger partial charge is 1.00 e. The molecule has 1 saturated carbocycles. The molecule has 98 valence electrons. The Morgan fingerprint density at radius 3 is 2.74 bits per heavy atom. The van der Waals surface area contributed by atoms with Gasteiger partial charge in [0.1, 0.15) is 0 Å². The third-order valence-electron chi connectivity index (χ3n) is 4.52. The standard InChI is InChI=1S/C13H17NO4.Na/c1-6(15)9-10-7-4-2-3-5-8(7)11(13(17)18)14(10)12(9)16;/h6-7,9-10,15H,2-5H2,1H3,(H,17,18);/q;+1/p-1/t6-,7-,9-,10-;/m1./s1. The van der Waals surface area contributed by atoms with E-state index in [9.17, 15) is 19.8 Å². The van der Waals surface area contributed by atoms with Gasteiger partial charge in [0.2, 0.25) is 5.91 Å². The zero-order valence-corrected chi connectivity index (χ0v) is 13.3. The Hall–Kier alpha value is -0.360. The number of amides is 1. The van der Waals surface area contributed by atoms with Crippen molar-refractivity contribution in [2.45, 2.75) is 44.8 Å². The SMILES string of the molecule is C[C@@H](O)[C@H]1C(=O)N2C(C(=O)[O-])=C3CCCC[C@H]3[C@H]12.[Na+]. The van der Waals surface area contributed by atoms with Crippen LogP contribution in [-0.2, 0) is 9.59 Å². The maximum absolute atomic E-state index is 12.0. The first-order valence-electron chi connectivity index (χ1n) is 6.49. The Balaban J connectivity index is 0.00000133. The van der Waals surface area contributed by atoms with E-state index in [2.05, 4.69) is 0 Å². The molecular formula is C13H16NNaO4. The first kappa shape index (κ1) is 15.0. The molecule has 1 aliphatic carbocycles. The second-order valence-corrected chi connectivity index (χ2v) is 5.48. The van der Waals surface area contributed by atoms with Crippen molar-refractivity contribution < 1.29 is 49.4 Å². The van der Waals surface area contributed by atoms with Gasteiger partial charge in [-0.2, -0.15) is 0 Å². The van der Waals surface area contributed by atoms with Gasteiger partial charge in [0.05, 0.1) is 29.7 Å². The summed E-state index contributed by atoms with van der Waals surface area (Å²) in [6.07, 6.45) is 2.95. The molecule has 0 unspecified atom stereocenters. The molecule has 0 aromatic carbocycles. The number of carbonyl (C=O) groups is 2. The number of fused-ring (bicyclic) bond motifs is 3. The summed E-state index contributed by atoms with van der Waals surface area (Å²) in [5.41, 5.74) is 0.953. The van der Waals surface area contributed by atoms with Crippen LogP contribution in [0.15, 0.2) is 11.3 Å². The molecule has 4 atom stereocenters. The van der Waals surface area contributed by atoms with E-state index in [4.69, 9.17) is 0 Å². The van der Waals surface area contributed by atoms with Crippen LogP contribution in [0.25, 0.3) is 0 Å². The fourth-order valence-corrected chi connectivity index (χ4v) is 3.81. The van der Waals surface area contributed by atoms with Gasteiger partial charge < -0.3 is 19.9 Å². The summed E-state index contributed by atoms with van der Waals surface area (Å²) in [5, 5.41) is 20.9. The van der Waals surface area contributed by atoms with Gasteiger partial charge in [-0.25, -0.2) is 0 Å². The summed E-state index contributed by atoms with van der Waals surface area (Å²) >= 11 is 0. The molecule has 0 spiro atoms. The normalized spacial score (nSPS) is 34.1. The van der Waals surface area contributed by atoms with Gasteiger partial charge in [-0.3, -0.25) is 4.79 Å². The quantitative estimate of drug-likeness (QED) is 0.416. The molecular weight excluding hydrogens is 257 g/mol. The van der Waals surface area contributed by atoms with Crippen LogP contribution in [0.5, 0.6) is 0 Å². The number of carbonyl (C=O) groups excluding carboxylic acids is 2. The number of aliphatic hydroxyl groups is 1. The van der Waals surface area contributed by atoms with Crippen molar-refractivity contribution in [1.29, 1.82) is 0 Å². The molecule has 0 aromatic heterocycles. The predicted octanol–water partition coefficient (Wildman–Crippen LogP) is -3.59. The van der Waals surface area contributed by atoms with Crippen molar-refractivity contribution in [2.75, 3.05) is 0 Å². The second-order valence-electron chi connectivity index (χ2n) is 5.48. The third-order valence-corrected chi connectivity index (χ3v) is 4.52. The Morgan fingerprint density at radius 1 is 1.47 bits per heavy atom. The molecule has 3 rings (SSSR count). The molecule has 0 aromatic rings. The van der Waals surface area contributed by atoms with E-state index < -0.39 is 18.0 Å². The summed E-state index contributed by atoms with van der Waals surface area (Å²) < 4.78 is 0. The zero-order valence-electron chi connectivity index (χ0n) is 11.3. The van der Waals surface area contributed by atoms with E-state index >= 15 is 0 Å². The van der Waals surface area contributed by atoms with E-state index in [-0.39, 0.29) is 53.1 Å². The minimum atomic E-state index is -1.25. The van der Waals surface area contributed by atoms with Crippen LogP contribution < -0.4 is 34.7 Å². The maximum atomic E-state index is 12.0. The van der Waals surface area contributed by atoms with Crippen LogP contribution in [0.1, 0.15) is 32.6 Å². The van der Waals surface area contributed by atoms with Crippen LogP contribution in [0.4, 0.5) is 0 Å². The van der Waals surface area contributed by atoms with Crippen molar-refractivity contribution in [3.8, 4) is 0 Å². The molecule has 2 heterocycles. The van der Waals surface area contributed by atoms with Crippen molar-refractivity contribution in [3.63, 3.8) is 0 Å². The number of hydrogen-bond acceptors (Lipinski definition) is 4. The number of carboxylic acid groups (broad SMARTS) is 1. The molecule has 3 aliphatic rings. The molecule has 5 nitrogen and oxygen atoms in total. The summed E-state index contributed by atoms with van der Waals surface area (Å²) in [7, 11) is 0. The van der Waals surface area contributed by atoms with Crippen molar-refractivity contribution in [1.82, 2.24) is 4.90 Å². The van der Waals surface area contributed by atoms with E-state index in [0.717, 1.165) is 31.3 Å². The van der Waals surface area contributed by atoms with Crippen LogP contribution in [0, 0.1) is 11.8 Å². The maximum Gasteiger partial charge on any atom is 1.00 e. The minimum absolute atomic E-state index is 0. The summed E-state index contributed by atoms with van der Waals surface area (Å²) in [5.74, 6) is -1.85. The second kappa shape index (κ2) is 5.20. The molecule has 0 bridgehead atoms. The molecule has 1 N–H and O–H groups in total. The van der Waals surface area contributed by atoms with Gasteiger partial charge >= 0.3 is 29.6 Å². The first-order valence-corrected chi connectivity index (χ1v) is 6.49. The monoisotopic (exact) mass is 273 g/mol. The van der Waals surface area contributed by atoms with Crippen molar-refractivity contribution >= 4 is 11.9 Å². The van der Waals surface area contributed by atoms with Crippen LogP contribution in [0.3, 0.4) is 0 Å². The summed E-state index contributed by atoms with van der Waals surface area (Å²) in [6, 6.07) is -0.152. The Bertz CT molecular complexity index is 460. The fraction of sp³-hybridized carbons (Fsp3) is 0.692. The average molecular weight is 273 g/mol. The molecule has 0 radical (unpaired) electrons. The molecule has 19 heavy (non-hydrogen) atoms. The van der Waals surface area contributed by atoms with Crippen molar-refractivity contribution in [2.24, 2.45) is 11.8 Å². The van der Waals surface area contributed by atoms with Crippen LogP contribution in [-0.4, -0.2) is 34.0 Å². The Kier molecular flexibility index (Phi) is 4.12. The predicted molar refractivity (Wildman–Crippen MR) is 59.8 cm³/mol. The van der Waals surface area contributed by atoms with E-state index in [1.807, 2.05) is 0 Å². The molecule has 1 saturated heterocycles. The van der Waals surface area contributed by atoms with Crippen LogP contribution in [0.2, 0.25) is 0 Å². The Labute approximate surface area is 133 Å². The fourth-order valence-electron chi connectivity index (χ4n) is 3.81.